The number of likely N-dealkylation sites (tertiary alicyclic amines) is 1. The molecule has 0 amide bonds. The second-order valence-electron chi connectivity index (χ2n) is 5.70. The minimum absolute atomic E-state index is 0.170. The van der Waals surface area contributed by atoms with Gasteiger partial charge in [0.05, 0.1) is 6.54 Å². The van der Waals surface area contributed by atoms with E-state index in [9.17, 15) is 4.79 Å². The highest BCUT2D eigenvalue weighted by Gasteiger charge is 2.25. The van der Waals surface area contributed by atoms with Gasteiger partial charge in [-0.15, -0.1) is 0 Å². The number of benzene rings is 1. The third-order valence-corrected chi connectivity index (χ3v) is 3.91. The molecule has 1 aliphatic rings. The third kappa shape index (κ3) is 4.62. The first-order valence-electron chi connectivity index (χ1n) is 7.33. The van der Waals surface area contributed by atoms with Gasteiger partial charge in [-0.3, -0.25) is 9.69 Å². The number of hydrogen-bond donors (Lipinski definition) is 1. The van der Waals surface area contributed by atoms with E-state index >= 15 is 0 Å². The fraction of sp³-hybridized carbons (Fsp3) is 0.562. The van der Waals surface area contributed by atoms with E-state index in [0.29, 0.717) is 6.04 Å². The maximum absolute atomic E-state index is 10.9. The first-order chi connectivity index (χ1) is 9.65. The highest BCUT2D eigenvalue weighted by Crippen LogP contribution is 2.18. The van der Waals surface area contributed by atoms with Crippen LogP contribution in [0.25, 0.3) is 0 Å². The molecule has 0 spiro atoms. The van der Waals surface area contributed by atoms with Gasteiger partial charge in [0.15, 0.2) is 0 Å². The Bertz CT molecular complexity index is 422. The molecule has 0 radical (unpaired) electrons. The van der Waals surface area contributed by atoms with E-state index in [1.807, 2.05) is 6.07 Å². The van der Waals surface area contributed by atoms with Crippen LogP contribution in [0.15, 0.2) is 30.3 Å². The fourth-order valence-electron chi connectivity index (χ4n) is 2.97. The van der Waals surface area contributed by atoms with Crippen LogP contribution in [0, 0.1) is 0 Å². The highest BCUT2D eigenvalue weighted by atomic mass is 16.4. The maximum Gasteiger partial charge on any atom is 0.317 e. The second kappa shape index (κ2) is 7.41. The molecule has 1 aliphatic heterocycles. The van der Waals surface area contributed by atoms with Gasteiger partial charge in [0, 0.05) is 19.1 Å². The second-order valence-corrected chi connectivity index (χ2v) is 5.70. The molecule has 0 bridgehead atoms. The van der Waals surface area contributed by atoms with E-state index in [2.05, 4.69) is 41.1 Å². The van der Waals surface area contributed by atoms with Crippen molar-refractivity contribution >= 4 is 5.97 Å². The van der Waals surface area contributed by atoms with Crippen LogP contribution >= 0.6 is 0 Å². The zero-order valence-electron chi connectivity index (χ0n) is 12.2. The molecule has 1 atom stereocenters. The van der Waals surface area contributed by atoms with Crippen LogP contribution in [-0.2, 0) is 11.3 Å². The van der Waals surface area contributed by atoms with Crippen LogP contribution in [-0.4, -0.2) is 53.6 Å². The van der Waals surface area contributed by atoms with Gasteiger partial charge in [-0.1, -0.05) is 36.8 Å². The summed E-state index contributed by atoms with van der Waals surface area (Å²) < 4.78 is 0. The van der Waals surface area contributed by atoms with Crippen molar-refractivity contribution in [3.8, 4) is 0 Å². The minimum Gasteiger partial charge on any atom is -0.480 e. The third-order valence-electron chi connectivity index (χ3n) is 3.91. The summed E-state index contributed by atoms with van der Waals surface area (Å²) in [5.74, 6) is -0.720. The normalized spacial score (nSPS) is 20.2. The van der Waals surface area contributed by atoms with Gasteiger partial charge in [-0.05, 0) is 32.0 Å². The van der Waals surface area contributed by atoms with Crippen molar-refractivity contribution in [3.05, 3.63) is 35.9 Å². The van der Waals surface area contributed by atoms with E-state index < -0.39 is 5.97 Å². The van der Waals surface area contributed by atoms with Crippen molar-refractivity contribution in [2.24, 2.45) is 0 Å². The number of carboxylic acid groups (broad SMARTS) is 1. The van der Waals surface area contributed by atoms with Crippen LogP contribution in [0.3, 0.4) is 0 Å². The quantitative estimate of drug-likeness (QED) is 0.863. The minimum atomic E-state index is -0.720. The maximum atomic E-state index is 10.9. The Hall–Kier alpha value is -1.39. The average Bonchev–Trinajstić information content (AvgIpc) is 2.41. The van der Waals surface area contributed by atoms with Gasteiger partial charge in [0.1, 0.15) is 0 Å². The van der Waals surface area contributed by atoms with E-state index in [1.165, 1.54) is 12.0 Å². The predicted molar refractivity (Wildman–Crippen MR) is 79.6 cm³/mol. The molecule has 1 aromatic carbocycles. The lowest BCUT2D eigenvalue weighted by atomic mass is 10.0. The van der Waals surface area contributed by atoms with Crippen molar-refractivity contribution in [1.82, 2.24) is 9.80 Å². The standard InChI is InChI=1S/C16H24N2O2/c1-17(11-14-7-3-2-4-8-14)12-15-9-5-6-10-18(15)13-16(19)20/h2-4,7-8,15H,5-6,9-13H2,1H3,(H,19,20)/t15-/m1/s1. The van der Waals surface area contributed by atoms with Gasteiger partial charge in [0.25, 0.3) is 0 Å². The van der Waals surface area contributed by atoms with Gasteiger partial charge >= 0.3 is 5.97 Å². The molecule has 1 saturated heterocycles. The first kappa shape index (κ1) is 15.0. The molecule has 0 aliphatic carbocycles. The van der Waals surface area contributed by atoms with Crippen LogP contribution in [0.2, 0.25) is 0 Å². The number of carbonyl (C=O) groups is 1. The highest BCUT2D eigenvalue weighted by molar-refractivity contribution is 5.69. The monoisotopic (exact) mass is 276 g/mol. The Morgan fingerprint density at radius 1 is 1.35 bits per heavy atom. The fourth-order valence-corrected chi connectivity index (χ4v) is 2.97. The zero-order chi connectivity index (χ0) is 14.4. The average molecular weight is 276 g/mol. The van der Waals surface area contributed by atoms with Gasteiger partial charge in [0.2, 0.25) is 0 Å². The summed E-state index contributed by atoms with van der Waals surface area (Å²) in [6, 6.07) is 10.8. The van der Waals surface area contributed by atoms with E-state index in [4.69, 9.17) is 5.11 Å². The Morgan fingerprint density at radius 2 is 2.10 bits per heavy atom. The van der Waals surface area contributed by atoms with Crippen molar-refractivity contribution < 1.29 is 9.90 Å². The van der Waals surface area contributed by atoms with Crippen LogP contribution in [0.1, 0.15) is 24.8 Å². The molecule has 1 aromatic rings. The number of aliphatic carboxylic acids is 1. The molecule has 0 unspecified atom stereocenters. The number of likely N-dealkylation sites (N-methyl/N-ethyl adjacent to an activating group) is 1. The Balaban J connectivity index is 1.87. The molecule has 2 rings (SSSR count). The molecule has 20 heavy (non-hydrogen) atoms. The summed E-state index contributed by atoms with van der Waals surface area (Å²) in [6.07, 6.45) is 3.43. The molecule has 0 aromatic heterocycles. The van der Waals surface area contributed by atoms with Gasteiger partial charge in [-0.2, -0.15) is 0 Å². The lowest BCUT2D eigenvalue weighted by molar-refractivity contribution is -0.139. The molecule has 4 heteroatoms. The molecule has 1 fully saturated rings. The molecule has 0 saturated carbocycles. The van der Waals surface area contributed by atoms with Crippen molar-refractivity contribution in [3.63, 3.8) is 0 Å². The Labute approximate surface area is 121 Å². The van der Waals surface area contributed by atoms with E-state index in [-0.39, 0.29) is 6.54 Å². The smallest absolute Gasteiger partial charge is 0.317 e. The number of rotatable bonds is 6. The molecule has 1 N–H and O–H groups in total. The van der Waals surface area contributed by atoms with E-state index in [1.54, 1.807) is 0 Å². The van der Waals surface area contributed by atoms with Crippen molar-refractivity contribution in [2.75, 3.05) is 26.7 Å². The van der Waals surface area contributed by atoms with Gasteiger partial charge in [-0.25, -0.2) is 0 Å². The lowest BCUT2D eigenvalue weighted by Gasteiger charge is -2.36. The summed E-state index contributed by atoms with van der Waals surface area (Å²) in [4.78, 5) is 15.3. The summed E-state index contributed by atoms with van der Waals surface area (Å²) in [5, 5.41) is 9.00. The summed E-state index contributed by atoms with van der Waals surface area (Å²) in [7, 11) is 2.11. The molecule has 1 heterocycles. The molecular formula is C16H24N2O2. The number of nitrogens with zero attached hydrogens (tertiary/aromatic N) is 2. The summed E-state index contributed by atoms with van der Waals surface area (Å²) in [5.41, 5.74) is 1.30. The van der Waals surface area contributed by atoms with Crippen molar-refractivity contribution in [2.45, 2.75) is 31.8 Å². The molecule has 4 nitrogen and oxygen atoms in total. The Morgan fingerprint density at radius 3 is 2.80 bits per heavy atom. The zero-order valence-corrected chi connectivity index (χ0v) is 12.2. The predicted octanol–water partition coefficient (Wildman–Crippen LogP) is 2.06. The number of hydrogen-bond acceptors (Lipinski definition) is 3. The SMILES string of the molecule is CN(Cc1ccccc1)C[C@H]1CCCCN1CC(=O)O. The summed E-state index contributed by atoms with van der Waals surface area (Å²) >= 11 is 0. The number of piperidine rings is 1. The largest absolute Gasteiger partial charge is 0.480 e. The first-order valence-corrected chi connectivity index (χ1v) is 7.33. The summed E-state index contributed by atoms with van der Waals surface area (Å²) in [6.45, 7) is 2.93. The van der Waals surface area contributed by atoms with Crippen LogP contribution < -0.4 is 0 Å². The Kier molecular flexibility index (Phi) is 5.56. The number of carboxylic acids is 1. The van der Waals surface area contributed by atoms with Crippen LogP contribution in [0.4, 0.5) is 0 Å². The lowest BCUT2D eigenvalue weighted by Crippen LogP contribution is -2.47. The van der Waals surface area contributed by atoms with Crippen molar-refractivity contribution in [1.29, 1.82) is 0 Å². The topological polar surface area (TPSA) is 43.8 Å². The molecular weight excluding hydrogens is 252 g/mol. The van der Waals surface area contributed by atoms with Gasteiger partial charge < -0.3 is 10.0 Å². The van der Waals surface area contributed by atoms with Crippen LogP contribution in [0.5, 0.6) is 0 Å². The molecule has 110 valence electrons. The van der Waals surface area contributed by atoms with E-state index in [0.717, 1.165) is 32.5 Å².